The highest BCUT2D eigenvalue weighted by Crippen LogP contribution is 2.43. The van der Waals surface area contributed by atoms with Gasteiger partial charge in [0.1, 0.15) is 36.0 Å². The molecule has 1 N–H and O–H groups in total. The smallest absolute Gasteiger partial charge is 0.164 e. The van der Waals surface area contributed by atoms with Crippen LogP contribution in [0.3, 0.4) is 0 Å². The Morgan fingerprint density at radius 3 is 2.87 bits per heavy atom. The van der Waals surface area contributed by atoms with Crippen molar-refractivity contribution in [2.24, 2.45) is 4.99 Å². The lowest BCUT2D eigenvalue weighted by molar-refractivity contribution is -0.202. The summed E-state index contributed by atoms with van der Waals surface area (Å²) in [4.78, 5) is 17.7. The summed E-state index contributed by atoms with van der Waals surface area (Å²) in [6.07, 6.45) is -0.170. The highest BCUT2D eigenvalue weighted by atomic mass is 35.5. The number of aliphatic imine (C=N–C) groups is 1. The molecule has 4 rings (SSSR count). The van der Waals surface area contributed by atoms with Crippen molar-refractivity contribution in [2.45, 2.75) is 63.6 Å². The largest absolute Gasteiger partial charge is 0.352 e. The monoisotopic (exact) mass is 341 g/mol. The number of ether oxygens (including phenoxy) is 3. The fraction of sp³-hybridized carbons (Fsp3) is 0.733. The molecule has 8 heteroatoms. The van der Waals surface area contributed by atoms with Gasteiger partial charge in [0.25, 0.3) is 0 Å². The summed E-state index contributed by atoms with van der Waals surface area (Å²) in [6, 6.07) is 0.165. The van der Waals surface area contributed by atoms with Gasteiger partial charge in [-0.05, 0) is 27.2 Å². The Morgan fingerprint density at radius 2 is 2.13 bits per heavy atom. The molecule has 4 aliphatic heterocycles. The zero-order valence-corrected chi connectivity index (χ0v) is 14.0. The summed E-state index contributed by atoms with van der Waals surface area (Å²) in [5, 5.41) is 3.81. The number of carbonyl (C=O) groups excluding carboxylic acids is 1. The van der Waals surface area contributed by atoms with Crippen molar-refractivity contribution < 1.29 is 19.0 Å². The molecule has 0 aromatic carbocycles. The maximum Gasteiger partial charge on any atom is 0.164 e. The maximum atomic E-state index is 11.4. The van der Waals surface area contributed by atoms with E-state index in [1.807, 2.05) is 13.8 Å². The van der Waals surface area contributed by atoms with E-state index in [2.05, 4.69) is 22.1 Å². The number of aldehydes is 1. The van der Waals surface area contributed by atoms with Crippen molar-refractivity contribution >= 4 is 23.1 Å². The third kappa shape index (κ3) is 2.29. The average Bonchev–Trinajstić information content (AvgIpc) is 3.08. The third-order valence-corrected chi connectivity index (χ3v) is 5.05. The average molecular weight is 342 g/mol. The SMILES string of the molecule is CC1CC2=C(NCN=C2Cl)N1[C@@H]1O[C@H](C=O)[C@H]2OC(C)(C)O[C@H]21. The molecule has 0 aromatic rings. The second-order valence-corrected chi connectivity index (χ2v) is 7.12. The van der Waals surface area contributed by atoms with Crippen LogP contribution in [0, 0.1) is 0 Å². The van der Waals surface area contributed by atoms with Crippen LogP contribution >= 0.6 is 11.6 Å². The number of nitrogens with zero attached hydrogens (tertiary/aromatic N) is 2. The van der Waals surface area contributed by atoms with Crippen LogP contribution in [0.25, 0.3) is 0 Å². The first-order valence-corrected chi connectivity index (χ1v) is 8.21. The standard InChI is InChI=1S/C15H20ClN3O4/c1-7-4-8-12(16)17-6-18-13(8)19(7)14-11-10(9(5-20)21-14)22-15(2,3)23-11/h5,7,9-11,14,18H,4,6H2,1-3H3/t7?,9-,10-,11-,14-/m1/s1. The lowest BCUT2D eigenvalue weighted by atomic mass is 10.1. The van der Waals surface area contributed by atoms with Crippen molar-refractivity contribution in [2.75, 3.05) is 6.67 Å². The molecule has 23 heavy (non-hydrogen) atoms. The predicted octanol–water partition coefficient (Wildman–Crippen LogP) is 0.934. The number of fused-ring (bicyclic) bond motifs is 1. The number of hydrogen-bond acceptors (Lipinski definition) is 7. The summed E-state index contributed by atoms with van der Waals surface area (Å²) in [5.41, 5.74) is 0.985. The Bertz CT molecular complexity index is 606. The van der Waals surface area contributed by atoms with Gasteiger partial charge in [0.2, 0.25) is 0 Å². The molecule has 5 atom stereocenters. The molecule has 1 unspecified atom stereocenters. The molecule has 0 radical (unpaired) electrons. The molecule has 0 spiro atoms. The molecule has 2 saturated heterocycles. The van der Waals surface area contributed by atoms with E-state index in [0.29, 0.717) is 11.8 Å². The number of halogens is 1. The van der Waals surface area contributed by atoms with Gasteiger partial charge in [0, 0.05) is 11.6 Å². The van der Waals surface area contributed by atoms with Gasteiger partial charge in [0.15, 0.2) is 18.3 Å². The first kappa shape index (κ1) is 15.4. The Balaban J connectivity index is 1.67. The lowest BCUT2D eigenvalue weighted by Gasteiger charge is -2.36. The van der Waals surface area contributed by atoms with Gasteiger partial charge in [-0.3, -0.25) is 4.99 Å². The van der Waals surface area contributed by atoms with Crippen LogP contribution < -0.4 is 5.32 Å². The van der Waals surface area contributed by atoms with E-state index in [1.165, 1.54) is 0 Å². The van der Waals surface area contributed by atoms with E-state index in [9.17, 15) is 4.79 Å². The van der Waals surface area contributed by atoms with Gasteiger partial charge < -0.3 is 29.2 Å². The van der Waals surface area contributed by atoms with Crippen molar-refractivity contribution in [3.63, 3.8) is 0 Å². The lowest BCUT2D eigenvalue weighted by Crippen LogP contribution is -2.48. The molecule has 0 saturated carbocycles. The van der Waals surface area contributed by atoms with Crippen LogP contribution in [0.1, 0.15) is 27.2 Å². The fourth-order valence-corrected chi connectivity index (χ4v) is 4.07. The van der Waals surface area contributed by atoms with Gasteiger partial charge in [-0.25, -0.2) is 0 Å². The van der Waals surface area contributed by atoms with E-state index < -0.39 is 24.2 Å². The molecular formula is C15H20ClN3O4. The number of hydrogen-bond donors (Lipinski definition) is 1. The quantitative estimate of drug-likeness (QED) is 0.753. The first-order valence-electron chi connectivity index (χ1n) is 7.83. The Kier molecular flexibility index (Phi) is 3.46. The predicted molar refractivity (Wildman–Crippen MR) is 82.8 cm³/mol. The highest BCUT2D eigenvalue weighted by Gasteiger charge is 2.58. The third-order valence-electron chi connectivity index (χ3n) is 4.71. The number of rotatable bonds is 2. The summed E-state index contributed by atoms with van der Waals surface area (Å²) < 4.78 is 17.9. The molecule has 4 aliphatic rings. The van der Waals surface area contributed by atoms with Crippen LogP contribution in [0.15, 0.2) is 16.4 Å². The van der Waals surface area contributed by atoms with E-state index in [-0.39, 0.29) is 12.1 Å². The fourth-order valence-electron chi connectivity index (χ4n) is 3.84. The summed E-state index contributed by atoms with van der Waals surface area (Å²) in [6.45, 7) is 6.23. The van der Waals surface area contributed by atoms with Crippen molar-refractivity contribution in [1.82, 2.24) is 10.2 Å². The van der Waals surface area contributed by atoms with E-state index >= 15 is 0 Å². The second kappa shape index (κ2) is 5.17. The molecular weight excluding hydrogens is 322 g/mol. The summed E-state index contributed by atoms with van der Waals surface area (Å²) >= 11 is 6.24. The molecule has 0 amide bonds. The van der Waals surface area contributed by atoms with E-state index in [0.717, 1.165) is 24.1 Å². The Labute approximate surface area is 139 Å². The topological polar surface area (TPSA) is 72.4 Å². The van der Waals surface area contributed by atoms with Crippen LogP contribution in [-0.2, 0) is 19.0 Å². The molecule has 0 aliphatic carbocycles. The second-order valence-electron chi connectivity index (χ2n) is 6.76. The van der Waals surface area contributed by atoms with E-state index in [4.69, 9.17) is 25.8 Å². The van der Waals surface area contributed by atoms with Gasteiger partial charge >= 0.3 is 0 Å². The molecule has 0 bridgehead atoms. The summed E-state index contributed by atoms with van der Waals surface area (Å²) in [5.74, 6) is 0.193. The van der Waals surface area contributed by atoms with Crippen molar-refractivity contribution in [3.05, 3.63) is 11.4 Å². The molecule has 126 valence electrons. The van der Waals surface area contributed by atoms with Crippen molar-refractivity contribution in [3.8, 4) is 0 Å². The van der Waals surface area contributed by atoms with Gasteiger partial charge in [0.05, 0.1) is 0 Å². The molecule has 4 heterocycles. The van der Waals surface area contributed by atoms with Crippen LogP contribution in [0.5, 0.6) is 0 Å². The minimum absolute atomic E-state index is 0.165. The maximum absolute atomic E-state index is 11.4. The molecule has 0 aromatic heterocycles. The van der Waals surface area contributed by atoms with E-state index in [1.54, 1.807) is 0 Å². The number of carbonyl (C=O) groups is 1. The molecule has 7 nitrogen and oxygen atoms in total. The van der Waals surface area contributed by atoms with Gasteiger partial charge in [-0.2, -0.15) is 0 Å². The van der Waals surface area contributed by atoms with Gasteiger partial charge in [-0.1, -0.05) is 11.6 Å². The number of nitrogens with one attached hydrogen (secondary N) is 1. The summed E-state index contributed by atoms with van der Waals surface area (Å²) in [7, 11) is 0. The zero-order valence-electron chi connectivity index (χ0n) is 13.3. The van der Waals surface area contributed by atoms with Crippen molar-refractivity contribution in [1.29, 1.82) is 0 Å². The molecule has 2 fully saturated rings. The Hall–Kier alpha value is -1.15. The minimum atomic E-state index is -0.724. The Morgan fingerprint density at radius 1 is 1.39 bits per heavy atom. The normalized spacial score (nSPS) is 41.5. The highest BCUT2D eigenvalue weighted by molar-refractivity contribution is 6.69. The zero-order chi connectivity index (χ0) is 16.4. The first-order chi connectivity index (χ1) is 10.9. The van der Waals surface area contributed by atoms with Crippen LogP contribution in [0.2, 0.25) is 0 Å². The van der Waals surface area contributed by atoms with Crippen LogP contribution in [0.4, 0.5) is 0 Å². The van der Waals surface area contributed by atoms with Crippen LogP contribution in [-0.4, -0.2) is 59.4 Å². The van der Waals surface area contributed by atoms with Gasteiger partial charge in [-0.15, -0.1) is 0 Å². The minimum Gasteiger partial charge on any atom is -0.352 e.